The first-order valence-corrected chi connectivity index (χ1v) is 7.47. The number of unbranched alkanes of at least 4 members (excludes halogenated alkanes) is 1. The topological polar surface area (TPSA) is 52.7 Å². The molecular formula is C14H29N3O. The predicted molar refractivity (Wildman–Crippen MR) is 74.6 cm³/mol. The average molecular weight is 255 g/mol. The summed E-state index contributed by atoms with van der Waals surface area (Å²) in [6, 6.07) is 0.830. The molecule has 0 aromatic rings. The van der Waals surface area contributed by atoms with E-state index in [2.05, 4.69) is 9.80 Å². The Morgan fingerprint density at radius 1 is 1.28 bits per heavy atom. The molecule has 0 aromatic heterocycles. The van der Waals surface area contributed by atoms with Gasteiger partial charge in [0.25, 0.3) is 0 Å². The normalized spacial score (nSPS) is 29.2. The third-order valence-corrected chi connectivity index (χ3v) is 4.50. The maximum atomic E-state index is 9.10. The molecule has 3 N–H and O–H groups in total. The highest BCUT2D eigenvalue weighted by molar-refractivity contribution is 4.86. The number of aliphatic hydroxyl groups is 1. The van der Waals surface area contributed by atoms with Crippen molar-refractivity contribution in [1.82, 2.24) is 9.80 Å². The zero-order valence-electron chi connectivity index (χ0n) is 11.8. The van der Waals surface area contributed by atoms with Crippen molar-refractivity contribution in [3.05, 3.63) is 0 Å². The van der Waals surface area contributed by atoms with E-state index in [0.717, 1.165) is 18.9 Å². The Balaban J connectivity index is 1.60. The lowest BCUT2D eigenvalue weighted by molar-refractivity contribution is 0.102. The van der Waals surface area contributed by atoms with Gasteiger partial charge in [0, 0.05) is 31.2 Å². The van der Waals surface area contributed by atoms with Crippen LogP contribution in [-0.2, 0) is 0 Å². The van der Waals surface area contributed by atoms with E-state index in [1.807, 2.05) is 6.92 Å². The minimum absolute atomic E-state index is 0.0910. The second-order valence-electron chi connectivity index (χ2n) is 6.40. The van der Waals surface area contributed by atoms with Crippen LogP contribution < -0.4 is 5.73 Å². The van der Waals surface area contributed by atoms with Crippen LogP contribution in [0.5, 0.6) is 0 Å². The van der Waals surface area contributed by atoms with Gasteiger partial charge in [-0.1, -0.05) is 6.42 Å². The van der Waals surface area contributed by atoms with Crippen LogP contribution in [0, 0.1) is 0 Å². The Kier molecular flexibility index (Phi) is 5.01. The SMILES string of the molecule is CC(N)(CO)CCCCN1CCN2CCCC2C1. The maximum absolute atomic E-state index is 9.10. The Morgan fingerprint density at radius 3 is 2.89 bits per heavy atom. The zero-order valence-corrected chi connectivity index (χ0v) is 11.8. The first kappa shape index (κ1) is 14.3. The number of rotatable bonds is 6. The van der Waals surface area contributed by atoms with Gasteiger partial charge in [0.15, 0.2) is 0 Å². The monoisotopic (exact) mass is 255 g/mol. The largest absolute Gasteiger partial charge is 0.394 e. The number of hydrogen-bond acceptors (Lipinski definition) is 4. The van der Waals surface area contributed by atoms with Crippen LogP contribution in [-0.4, -0.2) is 65.8 Å². The quantitative estimate of drug-likeness (QED) is 0.684. The molecule has 2 aliphatic rings. The third kappa shape index (κ3) is 3.92. The van der Waals surface area contributed by atoms with Crippen molar-refractivity contribution < 1.29 is 5.11 Å². The van der Waals surface area contributed by atoms with Gasteiger partial charge < -0.3 is 15.7 Å². The van der Waals surface area contributed by atoms with Crippen LogP contribution in [0.15, 0.2) is 0 Å². The molecule has 0 amide bonds. The summed E-state index contributed by atoms with van der Waals surface area (Å²) in [4.78, 5) is 5.26. The summed E-state index contributed by atoms with van der Waals surface area (Å²) in [5.41, 5.74) is 5.55. The van der Waals surface area contributed by atoms with Gasteiger partial charge in [-0.05, 0) is 45.7 Å². The number of piperazine rings is 1. The Hall–Kier alpha value is -0.160. The summed E-state index contributed by atoms with van der Waals surface area (Å²) in [5, 5.41) is 9.10. The fourth-order valence-corrected chi connectivity index (χ4v) is 3.20. The number of nitrogens with zero attached hydrogens (tertiary/aromatic N) is 2. The lowest BCUT2D eigenvalue weighted by Gasteiger charge is -2.37. The van der Waals surface area contributed by atoms with Crippen molar-refractivity contribution >= 4 is 0 Å². The summed E-state index contributed by atoms with van der Waals surface area (Å²) >= 11 is 0. The van der Waals surface area contributed by atoms with Crippen LogP contribution >= 0.6 is 0 Å². The van der Waals surface area contributed by atoms with Crippen LogP contribution in [0.25, 0.3) is 0 Å². The molecule has 2 saturated heterocycles. The fourth-order valence-electron chi connectivity index (χ4n) is 3.20. The smallest absolute Gasteiger partial charge is 0.0608 e. The molecule has 2 heterocycles. The molecule has 2 unspecified atom stereocenters. The van der Waals surface area contributed by atoms with Crippen LogP contribution in [0.1, 0.15) is 39.0 Å². The van der Waals surface area contributed by atoms with Crippen LogP contribution in [0.3, 0.4) is 0 Å². The highest BCUT2D eigenvalue weighted by Crippen LogP contribution is 2.21. The van der Waals surface area contributed by atoms with E-state index in [0.29, 0.717) is 0 Å². The van der Waals surface area contributed by atoms with E-state index in [4.69, 9.17) is 10.8 Å². The Bertz CT molecular complexity index is 257. The fraction of sp³-hybridized carbons (Fsp3) is 1.00. The van der Waals surface area contributed by atoms with Gasteiger partial charge in [-0.2, -0.15) is 0 Å². The van der Waals surface area contributed by atoms with E-state index >= 15 is 0 Å². The van der Waals surface area contributed by atoms with Crippen molar-refractivity contribution in [3.63, 3.8) is 0 Å². The molecule has 106 valence electrons. The molecule has 2 aliphatic heterocycles. The van der Waals surface area contributed by atoms with Gasteiger partial charge in [-0.15, -0.1) is 0 Å². The standard InChI is InChI=1S/C14H29N3O/c1-14(15,12-18)6-2-3-7-16-9-10-17-8-4-5-13(17)11-16/h13,18H,2-12,15H2,1H3. The number of nitrogens with two attached hydrogens (primary N) is 1. The highest BCUT2D eigenvalue weighted by atomic mass is 16.3. The lowest BCUT2D eigenvalue weighted by Crippen LogP contribution is -2.50. The molecule has 0 aromatic carbocycles. The number of fused-ring (bicyclic) bond motifs is 1. The van der Waals surface area contributed by atoms with E-state index in [9.17, 15) is 0 Å². The molecule has 0 spiro atoms. The molecule has 2 rings (SSSR count). The van der Waals surface area contributed by atoms with Crippen molar-refractivity contribution in [2.75, 3.05) is 39.3 Å². The third-order valence-electron chi connectivity index (χ3n) is 4.50. The minimum Gasteiger partial charge on any atom is -0.394 e. The molecule has 4 heteroatoms. The molecule has 0 aliphatic carbocycles. The number of hydrogen-bond donors (Lipinski definition) is 2. The zero-order chi connectivity index (χ0) is 13.0. The predicted octanol–water partition coefficient (Wildman–Crippen LogP) is 0.646. The van der Waals surface area contributed by atoms with Crippen molar-refractivity contribution in [2.24, 2.45) is 5.73 Å². The second-order valence-corrected chi connectivity index (χ2v) is 6.40. The van der Waals surface area contributed by atoms with Gasteiger partial charge in [-0.3, -0.25) is 4.90 Å². The van der Waals surface area contributed by atoms with Crippen molar-refractivity contribution in [3.8, 4) is 0 Å². The molecule has 2 fully saturated rings. The lowest BCUT2D eigenvalue weighted by atomic mass is 9.97. The van der Waals surface area contributed by atoms with Gasteiger partial charge in [0.1, 0.15) is 0 Å². The van der Waals surface area contributed by atoms with E-state index in [1.165, 1.54) is 52.0 Å². The summed E-state index contributed by atoms with van der Waals surface area (Å²) in [6.45, 7) is 8.30. The first-order valence-electron chi connectivity index (χ1n) is 7.47. The molecule has 0 radical (unpaired) electrons. The van der Waals surface area contributed by atoms with E-state index in [1.54, 1.807) is 0 Å². The van der Waals surface area contributed by atoms with Crippen LogP contribution in [0.2, 0.25) is 0 Å². The molecule has 4 nitrogen and oxygen atoms in total. The van der Waals surface area contributed by atoms with Crippen LogP contribution in [0.4, 0.5) is 0 Å². The molecule has 0 saturated carbocycles. The summed E-state index contributed by atoms with van der Waals surface area (Å²) in [5.74, 6) is 0. The summed E-state index contributed by atoms with van der Waals surface area (Å²) in [7, 11) is 0. The van der Waals surface area contributed by atoms with Gasteiger partial charge in [-0.25, -0.2) is 0 Å². The average Bonchev–Trinajstić information content (AvgIpc) is 2.82. The minimum atomic E-state index is -0.385. The van der Waals surface area contributed by atoms with Crippen molar-refractivity contribution in [1.29, 1.82) is 0 Å². The van der Waals surface area contributed by atoms with E-state index < -0.39 is 0 Å². The Labute approximate surface area is 111 Å². The summed E-state index contributed by atoms with van der Waals surface area (Å²) in [6.07, 6.45) is 6.03. The van der Waals surface area contributed by atoms with Gasteiger partial charge in [0.05, 0.1) is 6.61 Å². The summed E-state index contributed by atoms with van der Waals surface area (Å²) < 4.78 is 0. The molecule has 0 bridgehead atoms. The van der Waals surface area contributed by atoms with Crippen molar-refractivity contribution in [2.45, 2.75) is 50.6 Å². The molecule has 18 heavy (non-hydrogen) atoms. The highest BCUT2D eigenvalue weighted by Gasteiger charge is 2.30. The van der Waals surface area contributed by atoms with Gasteiger partial charge >= 0.3 is 0 Å². The second kappa shape index (κ2) is 6.33. The first-order chi connectivity index (χ1) is 8.61. The van der Waals surface area contributed by atoms with E-state index in [-0.39, 0.29) is 12.1 Å². The van der Waals surface area contributed by atoms with Gasteiger partial charge in [0.2, 0.25) is 0 Å². The number of aliphatic hydroxyl groups excluding tert-OH is 1. The molecule has 2 atom stereocenters. The molecular weight excluding hydrogens is 226 g/mol. The Morgan fingerprint density at radius 2 is 2.11 bits per heavy atom. The maximum Gasteiger partial charge on any atom is 0.0608 e.